The molecule has 0 aromatic carbocycles. The molecule has 0 saturated carbocycles. The number of ether oxygens (including phenoxy) is 2. The third kappa shape index (κ3) is 26.1. The highest BCUT2D eigenvalue weighted by Crippen LogP contribution is 2.25. The molecule has 8 nitrogen and oxygen atoms in total. The maximum Gasteiger partial charge on any atom is 0.306 e. The molecule has 0 aromatic rings. The van der Waals surface area contributed by atoms with Crippen molar-refractivity contribution in [1.82, 2.24) is 0 Å². The summed E-state index contributed by atoms with van der Waals surface area (Å²) in [4.78, 5) is 45.8. The quantitative estimate of drug-likeness (QED) is 0.0737. The highest BCUT2D eigenvalue weighted by Gasteiger charge is 2.18. The minimum atomic E-state index is -5.22. The molecule has 214 valence electrons. The van der Waals surface area contributed by atoms with E-state index in [4.69, 9.17) is 9.47 Å². The average Bonchev–Trinajstić information content (AvgIpc) is 2.83. The van der Waals surface area contributed by atoms with E-state index < -0.39 is 32.5 Å². The van der Waals surface area contributed by atoms with E-state index in [1.807, 2.05) is 0 Å². The van der Waals surface area contributed by atoms with Gasteiger partial charge in [0.2, 0.25) is 0 Å². The van der Waals surface area contributed by atoms with E-state index in [1.165, 1.54) is 64.2 Å². The number of esters is 2. The zero-order chi connectivity index (χ0) is 26.9. The van der Waals surface area contributed by atoms with Crippen molar-refractivity contribution in [3.8, 4) is 0 Å². The number of phosphoric acid groups is 1. The highest BCUT2D eigenvalue weighted by atomic mass is 31.2. The molecule has 0 fully saturated rings. The molecule has 0 aliphatic heterocycles. The molecule has 0 radical (unpaired) electrons. The second-order valence-electron chi connectivity index (χ2n) is 9.69. The summed E-state index contributed by atoms with van der Waals surface area (Å²) in [6.45, 7) is 3.40. The number of carbonyl (C=O) groups excluding carboxylic acids is 2. The molecule has 36 heavy (non-hydrogen) atoms. The van der Waals surface area contributed by atoms with Crippen molar-refractivity contribution >= 4 is 19.8 Å². The number of carbonyl (C=O) groups is 2. The van der Waals surface area contributed by atoms with Crippen LogP contribution in [-0.2, 0) is 28.2 Å². The van der Waals surface area contributed by atoms with Crippen molar-refractivity contribution in [2.45, 2.75) is 148 Å². The topological polar surface area (TPSA) is 125 Å². The Morgan fingerprint density at radius 2 is 1.00 bits per heavy atom. The molecule has 0 spiro atoms. The number of unbranched alkanes of at least 4 members (excludes halogenated alkanes) is 16. The lowest BCUT2D eigenvalue weighted by Gasteiger charge is -2.30. The molecule has 9 heteroatoms. The lowest BCUT2D eigenvalue weighted by molar-refractivity contribution is -0.342. The fourth-order valence-electron chi connectivity index (χ4n) is 3.95. The van der Waals surface area contributed by atoms with E-state index in [-0.39, 0.29) is 19.4 Å². The van der Waals surface area contributed by atoms with E-state index >= 15 is 0 Å². The third-order valence-electron chi connectivity index (χ3n) is 6.12. The Hall–Kier alpha value is -0.950. The van der Waals surface area contributed by atoms with Crippen LogP contribution in [0, 0.1) is 0 Å². The van der Waals surface area contributed by atoms with Crippen molar-refractivity contribution in [1.29, 1.82) is 0 Å². The van der Waals surface area contributed by atoms with Gasteiger partial charge in [-0.25, -0.2) is 0 Å². The number of hydrogen-bond donors (Lipinski definition) is 0. The van der Waals surface area contributed by atoms with Crippen LogP contribution in [0.2, 0.25) is 0 Å². The lowest BCUT2D eigenvalue weighted by atomic mass is 10.1. The molecular formula is C27H51O8P-2. The molecule has 0 saturated heterocycles. The summed E-state index contributed by atoms with van der Waals surface area (Å²) >= 11 is 0. The minimum absolute atomic E-state index is 0.186. The molecule has 0 aliphatic carbocycles. The summed E-state index contributed by atoms with van der Waals surface area (Å²) < 4.78 is 25.5. The first kappa shape index (κ1) is 35.0. The summed E-state index contributed by atoms with van der Waals surface area (Å²) in [5.41, 5.74) is 0. The van der Waals surface area contributed by atoms with Gasteiger partial charge in [0.05, 0.1) is 14.4 Å². The van der Waals surface area contributed by atoms with Gasteiger partial charge in [-0.2, -0.15) is 0 Å². The maximum atomic E-state index is 12.1. The normalized spacial score (nSPS) is 12.4. The van der Waals surface area contributed by atoms with Gasteiger partial charge in [-0.15, -0.1) is 0 Å². The molecule has 0 N–H and O–H groups in total. The summed E-state index contributed by atoms with van der Waals surface area (Å²) in [5.74, 6) is -0.960. The molecule has 0 rings (SSSR count). The molecule has 0 heterocycles. The van der Waals surface area contributed by atoms with Crippen LogP contribution in [0.4, 0.5) is 0 Å². The van der Waals surface area contributed by atoms with Crippen LogP contribution in [0.15, 0.2) is 0 Å². The summed E-state index contributed by atoms with van der Waals surface area (Å²) in [7, 11) is -5.22. The van der Waals surface area contributed by atoms with Gasteiger partial charge >= 0.3 is 11.9 Å². The van der Waals surface area contributed by atoms with Gasteiger partial charge in [-0.1, -0.05) is 117 Å². The fraction of sp³-hybridized carbons (Fsp3) is 0.926. The first-order valence-corrected chi connectivity index (χ1v) is 15.8. The zero-order valence-corrected chi connectivity index (χ0v) is 23.7. The Morgan fingerprint density at radius 3 is 1.42 bits per heavy atom. The van der Waals surface area contributed by atoms with Crippen molar-refractivity contribution in [2.75, 3.05) is 13.2 Å². The standard InChI is InChI=1S/C27H53O8P/c1-3-5-7-9-11-13-15-17-19-21-26(28)33-23-25(24-34-36(30,31)32)35-27(29)22-20-18-16-14-12-10-8-6-4-2/h25H,3-24H2,1-2H3,(H2,30,31,32)/p-2/t25-/m1/s1. The van der Waals surface area contributed by atoms with Crippen LogP contribution in [-0.4, -0.2) is 31.3 Å². The Kier molecular flexibility index (Phi) is 23.7. The Labute approximate surface area is 219 Å². The SMILES string of the molecule is CCCCCCCCCCCC(=O)OC[C@H](COP(=O)([O-])[O-])OC(=O)CCCCCCCCCCC. The summed E-state index contributed by atoms with van der Waals surface area (Å²) in [6, 6.07) is 0. The predicted molar refractivity (Wildman–Crippen MR) is 138 cm³/mol. The van der Waals surface area contributed by atoms with Crippen molar-refractivity contribution in [3.63, 3.8) is 0 Å². The van der Waals surface area contributed by atoms with Crippen LogP contribution in [0.5, 0.6) is 0 Å². The van der Waals surface area contributed by atoms with Crippen LogP contribution < -0.4 is 9.79 Å². The number of rotatable bonds is 26. The van der Waals surface area contributed by atoms with Gasteiger partial charge in [0, 0.05) is 12.8 Å². The van der Waals surface area contributed by atoms with Crippen LogP contribution in [0.25, 0.3) is 0 Å². The first-order valence-electron chi connectivity index (χ1n) is 14.3. The fourth-order valence-corrected chi connectivity index (χ4v) is 4.30. The molecule has 0 amide bonds. The maximum absolute atomic E-state index is 12.1. The monoisotopic (exact) mass is 534 g/mol. The number of hydrogen-bond acceptors (Lipinski definition) is 8. The molecule has 1 atom stereocenters. The average molecular weight is 535 g/mol. The smallest absolute Gasteiger partial charge is 0.306 e. The van der Waals surface area contributed by atoms with Crippen LogP contribution >= 0.6 is 7.82 Å². The zero-order valence-electron chi connectivity index (χ0n) is 22.8. The van der Waals surface area contributed by atoms with Crippen molar-refractivity contribution in [3.05, 3.63) is 0 Å². The second-order valence-corrected chi connectivity index (χ2v) is 10.8. The highest BCUT2D eigenvalue weighted by molar-refractivity contribution is 7.43. The van der Waals surface area contributed by atoms with Gasteiger partial charge in [0.1, 0.15) is 6.61 Å². The van der Waals surface area contributed by atoms with Crippen LogP contribution in [0.1, 0.15) is 142 Å². The van der Waals surface area contributed by atoms with Crippen LogP contribution in [0.3, 0.4) is 0 Å². The van der Waals surface area contributed by atoms with Gasteiger partial charge in [0.25, 0.3) is 0 Å². The van der Waals surface area contributed by atoms with Crippen molar-refractivity contribution in [2.24, 2.45) is 0 Å². The van der Waals surface area contributed by atoms with E-state index in [2.05, 4.69) is 18.4 Å². The van der Waals surface area contributed by atoms with Gasteiger partial charge in [-0.05, 0) is 12.8 Å². The lowest BCUT2D eigenvalue weighted by Crippen LogP contribution is -2.31. The van der Waals surface area contributed by atoms with E-state index in [1.54, 1.807) is 0 Å². The van der Waals surface area contributed by atoms with Crippen molar-refractivity contribution < 1.29 is 37.9 Å². The minimum Gasteiger partial charge on any atom is -0.790 e. The van der Waals surface area contributed by atoms with Gasteiger partial charge < -0.3 is 28.3 Å². The summed E-state index contributed by atoms with van der Waals surface area (Å²) in [6.07, 6.45) is 19.5. The molecule has 0 bridgehead atoms. The second kappa shape index (κ2) is 24.4. The molecule has 0 aliphatic rings. The van der Waals surface area contributed by atoms with Gasteiger partial charge in [-0.3, -0.25) is 9.59 Å². The van der Waals surface area contributed by atoms with E-state index in [0.29, 0.717) is 12.8 Å². The third-order valence-corrected chi connectivity index (χ3v) is 6.58. The van der Waals surface area contributed by atoms with E-state index in [9.17, 15) is 23.9 Å². The molecule has 0 unspecified atom stereocenters. The Bertz CT molecular complexity index is 578. The largest absolute Gasteiger partial charge is 0.790 e. The molecule has 0 aromatic heterocycles. The number of phosphoric ester groups is 1. The summed E-state index contributed by atoms with van der Waals surface area (Å²) in [5, 5.41) is 0. The Balaban J connectivity index is 4.08. The first-order chi connectivity index (χ1) is 17.3. The van der Waals surface area contributed by atoms with E-state index in [0.717, 1.165) is 38.5 Å². The Morgan fingerprint density at radius 1 is 0.611 bits per heavy atom. The van der Waals surface area contributed by atoms with Gasteiger partial charge in [0.15, 0.2) is 6.10 Å². The molecular weight excluding hydrogens is 483 g/mol. The predicted octanol–water partition coefficient (Wildman–Crippen LogP) is 6.13.